The van der Waals surface area contributed by atoms with Gasteiger partial charge in [0, 0.05) is 4.88 Å². The second-order valence-electron chi connectivity index (χ2n) is 2.32. The van der Waals surface area contributed by atoms with Gasteiger partial charge in [-0.25, -0.2) is 4.79 Å². The van der Waals surface area contributed by atoms with Gasteiger partial charge in [0.2, 0.25) is 0 Å². The van der Waals surface area contributed by atoms with Gasteiger partial charge >= 0.3 is 11.9 Å². The fourth-order valence-electron chi connectivity index (χ4n) is 0.802. The lowest BCUT2D eigenvalue weighted by atomic mass is 10.3. The largest absolute Gasteiger partial charge is 0.477 e. The van der Waals surface area contributed by atoms with Crippen molar-refractivity contribution in [2.75, 3.05) is 7.11 Å². The predicted molar refractivity (Wildman–Crippen MR) is 47.0 cm³/mol. The molecule has 0 aliphatic heterocycles. The second kappa shape index (κ2) is 4.04. The smallest absolute Gasteiger partial charge is 0.345 e. The molecule has 0 atom stereocenters. The number of carboxylic acid groups (broad SMARTS) is 1. The van der Waals surface area contributed by atoms with Crippen LogP contribution in [0, 0.1) is 0 Å². The molecule has 4 nitrogen and oxygen atoms in total. The number of carbonyl (C=O) groups is 2. The summed E-state index contributed by atoms with van der Waals surface area (Å²) in [5.41, 5.74) is 0. The zero-order valence-corrected chi connectivity index (χ0v) is 7.76. The van der Waals surface area contributed by atoms with Crippen LogP contribution in [-0.4, -0.2) is 24.2 Å². The Morgan fingerprint density at radius 1 is 1.54 bits per heavy atom. The zero-order valence-electron chi connectivity index (χ0n) is 6.94. The lowest BCUT2D eigenvalue weighted by Gasteiger charge is -1.93. The lowest BCUT2D eigenvalue weighted by molar-refractivity contribution is -0.139. The van der Waals surface area contributed by atoms with Gasteiger partial charge < -0.3 is 9.84 Å². The molecule has 1 rings (SSSR count). The number of hydrogen-bond acceptors (Lipinski definition) is 4. The summed E-state index contributed by atoms with van der Waals surface area (Å²) >= 11 is 1.08. The van der Waals surface area contributed by atoms with Crippen LogP contribution >= 0.6 is 11.3 Å². The predicted octanol–water partition coefficient (Wildman–Crippen LogP) is 1.16. The number of aromatic carboxylic acids is 1. The molecule has 70 valence electrons. The van der Waals surface area contributed by atoms with Gasteiger partial charge in [-0.3, -0.25) is 4.79 Å². The van der Waals surface area contributed by atoms with Gasteiger partial charge in [0.25, 0.3) is 0 Å². The molecule has 0 unspecified atom stereocenters. The zero-order chi connectivity index (χ0) is 9.84. The van der Waals surface area contributed by atoms with Crippen molar-refractivity contribution in [3.63, 3.8) is 0 Å². The van der Waals surface area contributed by atoms with Crippen molar-refractivity contribution in [1.29, 1.82) is 0 Å². The van der Waals surface area contributed by atoms with E-state index in [0.29, 0.717) is 4.88 Å². The molecule has 5 heteroatoms. The number of esters is 1. The summed E-state index contributed by atoms with van der Waals surface area (Å²) in [5, 5.41) is 8.58. The minimum Gasteiger partial charge on any atom is -0.477 e. The number of rotatable bonds is 3. The third-order valence-electron chi connectivity index (χ3n) is 1.42. The third-order valence-corrected chi connectivity index (χ3v) is 2.49. The molecule has 1 aromatic heterocycles. The second-order valence-corrected chi connectivity index (χ2v) is 3.49. The number of thiophene rings is 1. The van der Waals surface area contributed by atoms with Crippen LogP contribution in [0.1, 0.15) is 14.5 Å². The first-order chi connectivity index (χ1) is 6.13. The number of methoxy groups -OCH3 is 1. The first kappa shape index (κ1) is 9.73. The van der Waals surface area contributed by atoms with E-state index in [1.165, 1.54) is 13.2 Å². The van der Waals surface area contributed by atoms with Crippen molar-refractivity contribution in [3.8, 4) is 0 Å². The maximum Gasteiger partial charge on any atom is 0.345 e. The summed E-state index contributed by atoms with van der Waals surface area (Å²) in [5.74, 6) is -1.33. The number of hydrogen-bond donors (Lipinski definition) is 1. The molecule has 0 aliphatic carbocycles. The van der Waals surface area contributed by atoms with Gasteiger partial charge in [-0.15, -0.1) is 11.3 Å². The van der Waals surface area contributed by atoms with Gasteiger partial charge in [0.15, 0.2) is 0 Å². The molecule has 1 heterocycles. The molecule has 0 saturated heterocycles. The molecule has 1 N–H and O–H groups in total. The van der Waals surface area contributed by atoms with Crippen molar-refractivity contribution in [2.24, 2.45) is 0 Å². The van der Waals surface area contributed by atoms with Gasteiger partial charge in [-0.05, 0) is 12.1 Å². The Kier molecular flexibility index (Phi) is 3.02. The highest BCUT2D eigenvalue weighted by Crippen LogP contribution is 2.16. The van der Waals surface area contributed by atoms with Gasteiger partial charge in [-0.1, -0.05) is 0 Å². The van der Waals surface area contributed by atoms with Crippen LogP contribution in [0.3, 0.4) is 0 Å². The molecular weight excluding hydrogens is 192 g/mol. The van der Waals surface area contributed by atoms with E-state index in [1.54, 1.807) is 6.07 Å². The average Bonchev–Trinajstić information content (AvgIpc) is 2.52. The van der Waals surface area contributed by atoms with E-state index >= 15 is 0 Å². The van der Waals surface area contributed by atoms with E-state index in [0.717, 1.165) is 11.3 Å². The Labute approximate surface area is 78.8 Å². The first-order valence-corrected chi connectivity index (χ1v) is 4.34. The highest BCUT2D eigenvalue weighted by molar-refractivity contribution is 7.14. The van der Waals surface area contributed by atoms with E-state index in [9.17, 15) is 9.59 Å². The Balaban J connectivity index is 2.69. The first-order valence-electron chi connectivity index (χ1n) is 3.52. The molecule has 13 heavy (non-hydrogen) atoms. The molecule has 0 aliphatic rings. The van der Waals surface area contributed by atoms with E-state index in [4.69, 9.17) is 5.11 Å². The SMILES string of the molecule is COC(=O)Cc1ccc(C(=O)O)s1. The summed E-state index contributed by atoms with van der Waals surface area (Å²) in [6.07, 6.45) is 0.133. The number of carbonyl (C=O) groups excluding carboxylic acids is 1. The Hall–Kier alpha value is -1.36. The molecular formula is C8H8O4S. The topological polar surface area (TPSA) is 63.6 Å². The lowest BCUT2D eigenvalue weighted by Crippen LogP contribution is -2.02. The fourth-order valence-corrected chi connectivity index (χ4v) is 1.63. The fraction of sp³-hybridized carbons (Fsp3) is 0.250. The number of carboxylic acids is 1. The third kappa shape index (κ3) is 2.55. The van der Waals surface area contributed by atoms with Crippen molar-refractivity contribution < 1.29 is 19.4 Å². The van der Waals surface area contributed by atoms with Crippen molar-refractivity contribution in [2.45, 2.75) is 6.42 Å². The summed E-state index contributed by atoms with van der Waals surface area (Å²) in [6.45, 7) is 0. The van der Waals surface area contributed by atoms with E-state index in [2.05, 4.69) is 4.74 Å². The van der Waals surface area contributed by atoms with Gasteiger partial charge in [-0.2, -0.15) is 0 Å². The summed E-state index contributed by atoms with van der Waals surface area (Å²) in [4.78, 5) is 22.2. The molecule has 0 aromatic carbocycles. The summed E-state index contributed by atoms with van der Waals surface area (Å²) in [7, 11) is 1.30. The minimum absolute atomic E-state index is 0.133. The van der Waals surface area contributed by atoms with Crippen molar-refractivity contribution >= 4 is 23.3 Å². The van der Waals surface area contributed by atoms with Crippen LogP contribution in [0.4, 0.5) is 0 Å². The van der Waals surface area contributed by atoms with Crippen molar-refractivity contribution in [3.05, 3.63) is 21.9 Å². The van der Waals surface area contributed by atoms with Crippen LogP contribution in [0.25, 0.3) is 0 Å². The van der Waals surface area contributed by atoms with E-state index in [1.807, 2.05) is 0 Å². The minimum atomic E-state index is -0.971. The van der Waals surface area contributed by atoms with Gasteiger partial charge in [0.1, 0.15) is 4.88 Å². The van der Waals surface area contributed by atoms with Crippen LogP contribution < -0.4 is 0 Å². The molecule has 0 saturated carbocycles. The highest BCUT2D eigenvalue weighted by atomic mass is 32.1. The Morgan fingerprint density at radius 3 is 2.69 bits per heavy atom. The maximum absolute atomic E-state index is 10.8. The summed E-state index contributed by atoms with van der Waals surface area (Å²) < 4.78 is 4.44. The normalized spacial score (nSPS) is 9.62. The standard InChI is InChI=1S/C8H8O4S/c1-12-7(9)4-5-2-3-6(13-5)8(10)11/h2-3H,4H2,1H3,(H,10,11). The number of ether oxygens (including phenoxy) is 1. The van der Waals surface area contributed by atoms with Crippen molar-refractivity contribution in [1.82, 2.24) is 0 Å². The maximum atomic E-state index is 10.8. The van der Waals surface area contributed by atoms with Crippen LogP contribution in [0.15, 0.2) is 12.1 Å². The molecule has 0 spiro atoms. The molecule has 0 radical (unpaired) electrons. The van der Waals surface area contributed by atoms with Crippen LogP contribution in [-0.2, 0) is 16.0 Å². The Bertz CT molecular complexity index is 329. The quantitative estimate of drug-likeness (QED) is 0.744. The average molecular weight is 200 g/mol. The molecule has 0 amide bonds. The molecule has 0 fully saturated rings. The Morgan fingerprint density at radius 2 is 2.23 bits per heavy atom. The highest BCUT2D eigenvalue weighted by Gasteiger charge is 2.09. The molecule has 1 aromatic rings. The van der Waals surface area contributed by atoms with E-state index in [-0.39, 0.29) is 17.3 Å². The van der Waals surface area contributed by atoms with Crippen LogP contribution in [0.2, 0.25) is 0 Å². The van der Waals surface area contributed by atoms with E-state index < -0.39 is 5.97 Å². The van der Waals surface area contributed by atoms with Gasteiger partial charge in [0.05, 0.1) is 13.5 Å². The monoisotopic (exact) mass is 200 g/mol. The molecule has 0 bridgehead atoms. The summed E-state index contributed by atoms with van der Waals surface area (Å²) in [6, 6.07) is 3.09. The van der Waals surface area contributed by atoms with Crippen LogP contribution in [0.5, 0.6) is 0 Å².